The van der Waals surface area contributed by atoms with Gasteiger partial charge in [0.25, 0.3) is 5.91 Å². The highest BCUT2D eigenvalue weighted by Gasteiger charge is 2.27. The molecule has 0 spiro atoms. The largest absolute Gasteiger partial charge is 0.389 e. The summed E-state index contributed by atoms with van der Waals surface area (Å²) in [6.07, 6.45) is 4.50. The first-order chi connectivity index (χ1) is 15.7. The number of aliphatic hydroxyl groups is 1. The van der Waals surface area contributed by atoms with Crippen LogP contribution in [0.2, 0.25) is 0 Å². The lowest BCUT2D eigenvalue weighted by Crippen LogP contribution is -2.26. The number of carbonyl (C=O) groups is 2. The van der Waals surface area contributed by atoms with Crippen LogP contribution in [-0.4, -0.2) is 42.3 Å². The van der Waals surface area contributed by atoms with Gasteiger partial charge in [-0.2, -0.15) is 10.1 Å². The number of rotatable bonds is 8. The van der Waals surface area contributed by atoms with Gasteiger partial charge in [0.05, 0.1) is 36.3 Å². The second-order valence-corrected chi connectivity index (χ2v) is 8.16. The van der Waals surface area contributed by atoms with E-state index in [0.717, 1.165) is 0 Å². The normalized spacial score (nSPS) is 12.6. The molecule has 2 amide bonds. The molecule has 3 aromatic rings. The summed E-state index contributed by atoms with van der Waals surface area (Å²) in [5.74, 6) is 0.0273. The van der Waals surface area contributed by atoms with Gasteiger partial charge in [-0.25, -0.2) is 4.98 Å². The fraction of sp³-hybridized carbons (Fsp3) is 0.227. The molecular formula is C22H24N8O3. The zero-order valence-electron chi connectivity index (χ0n) is 18.2. The van der Waals surface area contributed by atoms with Crippen LogP contribution in [0.4, 0.5) is 28.8 Å². The number of aromatic nitrogens is 4. The van der Waals surface area contributed by atoms with E-state index in [-0.39, 0.29) is 24.3 Å². The van der Waals surface area contributed by atoms with Gasteiger partial charge in [-0.1, -0.05) is 12.6 Å². The second kappa shape index (κ2) is 8.71. The van der Waals surface area contributed by atoms with Gasteiger partial charge in [0.1, 0.15) is 11.4 Å². The monoisotopic (exact) mass is 448 g/mol. The number of fused-ring (bicyclic) bond motifs is 1. The summed E-state index contributed by atoms with van der Waals surface area (Å²) in [6, 6.07) is 7.05. The molecule has 5 N–H and O–H groups in total. The van der Waals surface area contributed by atoms with Gasteiger partial charge in [-0.05, 0) is 38.1 Å². The van der Waals surface area contributed by atoms with Crippen molar-refractivity contribution < 1.29 is 14.7 Å². The van der Waals surface area contributed by atoms with Crippen LogP contribution in [0.1, 0.15) is 29.9 Å². The second-order valence-electron chi connectivity index (χ2n) is 8.16. The molecule has 1 aromatic carbocycles. The van der Waals surface area contributed by atoms with Crippen LogP contribution in [0.15, 0.2) is 49.3 Å². The third kappa shape index (κ3) is 5.33. The molecule has 0 unspecified atom stereocenters. The molecule has 0 atom stereocenters. The summed E-state index contributed by atoms with van der Waals surface area (Å²) in [7, 11) is 0. The number of hydrogen-bond acceptors (Lipinski definition) is 8. The molecule has 1 aliphatic heterocycles. The Labute approximate surface area is 189 Å². The third-order valence-electron chi connectivity index (χ3n) is 4.64. The van der Waals surface area contributed by atoms with E-state index in [9.17, 15) is 14.7 Å². The summed E-state index contributed by atoms with van der Waals surface area (Å²) in [6.45, 7) is 7.42. The lowest BCUT2D eigenvalue weighted by atomic mass is 10.1. The van der Waals surface area contributed by atoms with E-state index in [4.69, 9.17) is 0 Å². The highest BCUT2D eigenvalue weighted by atomic mass is 16.3. The van der Waals surface area contributed by atoms with Crippen LogP contribution in [-0.2, 0) is 17.9 Å². The van der Waals surface area contributed by atoms with Crippen LogP contribution < -0.4 is 21.3 Å². The van der Waals surface area contributed by atoms with Gasteiger partial charge in [0.15, 0.2) is 0 Å². The van der Waals surface area contributed by atoms with E-state index in [1.807, 2.05) is 0 Å². The molecule has 0 aliphatic carbocycles. The molecule has 170 valence electrons. The summed E-state index contributed by atoms with van der Waals surface area (Å²) in [5, 5.41) is 25.9. The zero-order chi connectivity index (χ0) is 23.6. The SMILES string of the molecule is C=CC(=O)Nc1cccc(Nc2nc3c(c(Nc4cnn(CC(C)(C)O)c4)n2)C(=O)NC3)c1. The van der Waals surface area contributed by atoms with E-state index in [2.05, 4.69) is 42.9 Å². The fourth-order valence-corrected chi connectivity index (χ4v) is 3.32. The molecule has 11 heteroatoms. The summed E-state index contributed by atoms with van der Waals surface area (Å²) < 4.78 is 1.60. The first-order valence-corrected chi connectivity index (χ1v) is 10.2. The number of nitrogens with zero attached hydrogens (tertiary/aromatic N) is 4. The van der Waals surface area contributed by atoms with Crippen molar-refractivity contribution in [2.45, 2.75) is 32.5 Å². The average Bonchev–Trinajstić information content (AvgIpc) is 3.33. The van der Waals surface area contributed by atoms with Crippen molar-refractivity contribution in [1.82, 2.24) is 25.1 Å². The quantitative estimate of drug-likeness (QED) is 0.330. The molecule has 1 aliphatic rings. The Bertz CT molecular complexity index is 1230. The Morgan fingerprint density at radius 2 is 2.06 bits per heavy atom. The van der Waals surface area contributed by atoms with E-state index in [1.54, 1.807) is 55.2 Å². The molecule has 0 radical (unpaired) electrons. The Morgan fingerprint density at radius 3 is 2.82 bits per heavy atom. The Hall–Kier alpha value is -4.25. The van der Waals surface area contributed by atoms with Crippen LogP contribution in [0.25, 0.3) is 0 Å². The molecule has 11 nitrogen and oxygen atoms in total. The molecule has 0 saturated carbocycles. The van der Waals surface area contributed by atoms with Gasteiger partial charge >= 0.3 is 0 Å². The number of anilines is 5. The maximum atomic E-state index is 12.4. The van der Waals surface area contributed by atoms with Crippen molar-refractivity contribution in [3.63, 3.8) is 0 Å². The minimum Gasteiger partial charge on any atom is -0.389 e. The highest BCUT2D eigenvalue weighted by molar-refractivity contribution is 6.03. The molecule has 0 fully saturated rings. The van der Waals surface area contributed by atoms with E-state index < -0.39 is 5.60 Å². The molecule has 0 bridgehead atoms. The van der Waals surface area contributed by atoms with E-state index in [0.29, 0.717) is 40.7 Å². The molecule has 33 heavy (non-hydrogen) atoms. The first-order valence-electron chi connectivity index (χ1n) is 10.2. The molecule has 2 aromatic heterocycles. The lowest BCUT2D eigenvalue weighted by Gasteiger charge is -2.16. The van der Waals surface area contributed by atoms with E-state index in [1.165, 1.54) is 6.08 Å². The number of nitrogens with one attached hydrogen (secondary N) is 4. The van der Waals surface area contributed by atoms with Crippen molar-refractivity contribution in [1.29, 1.82) is 0 Å². The smallest absolute Gasteiger partial charge is 0.257 e. The summed E-state index contributed by atoms with van der Waals surface area (Å²) in [4.78, 5) is 32.9. The minimum atomic E-state index is -0.921. The van der Waals surface area contributed by atoms with Gasteiger partial charge in [0, 0.05) is 17.6 Å². The standard InChI is InChI=1S/C22H24N8O3/c1-4-17(31)25-13-6-5-7-14(8-13)27-21-28-16-10-23-20(32)18(16)19(29-21)26-15-9-24-30(11-15)12-22(2,3)33/h4-9,11,33H,1,10,12H2,2-3H3,(H,23,32)(H,25,31)(H2,26,27,28,29). The highest BCUT2D eigenvalue weighted by Crippen LogP contribution is 2.27. The summed E-state index contributed by atoms with van der Waals surface area (Å²) in [5.41, 5.74) is 1.84. The first kappa shape index (κ1) is 22.0. The number of hydrogen-bond donors (Lipinski definition) is 5. The van der Waals surface area contributed by atoms with Crippen molar-refractivity contribution in [3.8, 4) is 0 Å². The predicted octanol–water partition coefficient (Wildman–Crippen LogP) is 2.30. The number of carbonyl (C=O) groups excluding carboxylic acids is 2. The van der Waals surface area contributed by atoms with Crippen molar-refractivity contribution >= 4 is 40.6 Å². The van der Waals surface area contributed by atoms with Crippen LogP contribution >= 0.6 is 0 Å². The minimum absolute atomic E-state index is 0.267. The van der Waals surface area contributed by atoms with Crippen LogP contribution in [0.5, 0.6) is 0 Å². The molecular weight excluding hydrogens is 424 g/mol. The predicted molar refractivity (Wildman–Crippen MR) is 124 cm³/mol. The maximum Gasteiger partial charge on any atom is 0.257 e. The zero-order valence-corrected chi connectivity index (χ0v) is 18.2. The van der Waals surface area contributed by atoms with E-state index >= 15 is 0 Å². The fourth-order valence-electron chi connectivity index (χ4n) is 3.32. The van der Waals surface area contributed by atoms with Gasteiger partial charge in [0.2, 0.25) is 11.9 Å². The Morgan fingerprint density at radius 1 is 1.27 bits per heavy atom. The van der Waals surface area contributed by atoms with Gasteiger partial charge in [-0.15, -0.1) is 0 Å². The Kier molecular flexibility index (Phi) is 5.80. The van der Waals surface area contributed by atoms with Crippen molar-refractivity contribution in [2.24, 2.45) is 0 Å². The van der Waals surface area contributed by atoms with Crippen LogP contribution in [0.3, 0.4) is 0 Å². The van der Waals surface area contributed by atoms with Gasteiger partial charge in [-0.3, -0.25) is 14.3 Å². The van der Waals surface area contributed by atoms with Gasteiger partial charge < -0.3 is 26.4 Å². The Balaban J connectivity index is 1.60. The third-order valence-corrected chi connectivity index (χ3v) is 4.64. The molecule has 3 heterocycles. The number of amides is 2. The van der Waals surface area contributed by atoms with Crippen LogP contribution in [0, 0.1) is 0 Å². The maximum absolute atomic E-state index is 12.4. The van der Waals surface area contributed by atoms with Crippen molar-refractivity contribution in [2.75, 3.05) is 16.0 Å². The molecule has 4 rings (SSSR count). The van der Waals surface area contributed by atoms with Crippen molar-refractivity contribution in [3.05, 3.63) is 60.6 Å². The summed E-state index contributed by atoms with van der Waals surface area (Å²) >= 11 is 0. The number of benzene rings is 1. The molecule has 0 saturated heterocycles. The lowest BCUT2D eigenvalue weighted by molar-refractivity contribution is -0.111. The average molecular weight is 448 g/mol. The topological polar surface area (TPSA) is 146 Å².